The van der Waals surface area contributed by atoms with E-state index in [1.165, 1.54) is 38.5 Å². The van der Waals surface area contributed by atoms with E-state index in [-0.39, 0.29) is 0 Å². The highest BCUT2D eigenvalue weighted by atomic mass is 16.5. The molecule has 0 spiro atoms. The summed E-state index contributed by atoms with van der Waals surface area (Å²) in [5, 5.41) is 0. The van der Waals surface area contributed by atoms with Gasteiger partial charge in [0, 0.05) is 23.7 Å². The van der Waals surface area contributed by atoms with Crippen LogP contribution in [0.15, 0.2) is 18.3 Å². The summed E-state index contributed by atoms with van der Waals surface area (Å²) >= 11 is 0. The van der Waals surface area contributed by atoms with Crippen LogP contribution < -0.4 is 10.5 Å². The fourth-order valence-corrected chi connectivity index (χ4v) is 5.40. The summed E-state index contributed by atoms with van der Waals surface area (Å²) in [6, 6.07) is 3.95. The summed E-state index contributed by atoms with van der Waals surface area (Å²) in [5.41, 5.74) is 7.23. The number of hydrogen-bond donors (Lipinski definition) is 1. The largest absolute Gasteiger partial charge is 0.477 e. The van der Waals surface area contributed by atoms with Crippen LogP contribution in [0, 0.1) is 23.2 Å². The van der Waals surface area contributed by atoms with Crippen LogP contribution in [0.4, 0.5) is 0 Å². The second kappa shape index (κ2) is 4.73. The average Bonchev–Trinajstić information content (AvgIpc) is 2.44. The summed E-state index contributed by atoms with van der Waals surface area (Å²) in [4.78, 5) is 4.36. The van der Waals surface area contributed by atoms with Crippen molar-refractivity contribution in [2.24, 2.45) is 28.9 Å². The van der Waals surface area contributed by atoms with E-state index in [1.807, 2.05) is 12.1 Å². The Balaban J connectivity index is 1.49. The van der Waals surface area contributed by atoms with E-state index in [4.69, 9.17) is 10.5 Å². The van der Waals surface area contributed by atoms with Crippen molar-refractivity contribution in [3.8, 4) is 5.88 Å². The van der Waals surface area contributed by atoms with E-state index in [9.17, 15) is 0 Å². The molecular formula is C17H24N2O. The normalized spacial score (nSPS) is 38.1. The van der Waals surface area contributed by atoms with Crippen molar-refractivity contribution in [2.75, 3.05) is 6.61 Å². The molecule has 5 rings (SSSR count). The second-order valence-corrected chi connectivity index (χ2v) is 7.38. The molecule has 0 saturated heterocycles. The minimum Gasteiger partial charge on any atom is -0.477 e. The van der Waals surface area contributed by atoms with Crippen molar-refractivity contribution < 1.29 is 4.74 Å². The molecule has 0 radical (unpaired) electrons. The van der Waals surface area contributed by atoms with Crippen molar-refractivity contribution in [3.63, 3.8) is 0 Å². The van der Waals surface area contributed by atoms with Gasteiger partial charge in [0.05, 0.1) is 6.61 Å². The second-order valence-electron chi connectivity index (χ2n) is 7.38. The van der Waals surface area contributed by atoms with Gasteiger partial charge in [-0.2, -0.15) is 0 Å². The quantitative estimate of drug-likeness (QED) is 0.916. The first-order valence-electron chi connectivity index (χ1n) is 8.03. The topological polar surface area (TPSA) is 48.1 Å². The molecule has 4 fully saturated rings. The maximum Gasteiger partial charge on any atom is 0.217 e. The molecule has 0 aliphatic heterocycles. The lowest BCUT2D eigenvalue weighted by Crippen LogP contribution is -2.48. The Kier molecular flexibility index (Phi) is 2.99. The molecule has 1 aromatic heterocycles. The van der Waals surface area contributed by atoms with E-state index < -0.39 is 0 Å². The van der Waals surface area contributed by atoms with Gasteiger partial charge >= 0.3 is 0 Å². The maximum absolute atomic E-state index is 6.12. The van der Waals surface area contributed by atoms with Gasteiger partial charge in [-0.05, 0) is 62.3 Å². The lowest BCUT2D eigenvalue weighted by molar-refractivity contribution is -0.0752. The molecule has 0 unspecified atom stereocenters. The van der Waals surface area contributed by atoms with Crippen LogP contribution in [-0.2, 0) is 6.54 Å². The number of pyridine rings is 1. The van der Waals surface area contributed by atoms with Gasteiger partial charge in [0.2, 0.25) is 5.88 Å². The molecule has 1 aromatic rings. The number of aromatic nitrogens is 1. The van der Waals surface area contributed by atoms with E-state index in [1.54, 1.807) is 6.20 Å². The summed E-state index contributed by atoms with van der Waals surface area (Å²) < 4.78 is 6.12. The Morgan fingerprint density at radius 2 is 1.80 bits per heavy atom. The number of hydrogen-bond acceptors (Lipinski definition) is 3. The summed E-state index contributed by atoms with van der Waals surface area (Å²) in [7, 11) is 0. The standard InChI is InChI=1S/C17H24N2O/c18-10-15-2-1-3-19-16(15)20-11-17-7-12-4-13(8-17)6-14(5-12)9-17/h1-3,12-14H,4-11,18H2. The Labute approximate surface area is 120 Å². The highest BCUT2D eigenvalue weighted by molar-refractivity contribution is 5.25. The summed E-state index contributed by atoms with van der Waals surface area (Å²) in [6.07, 6.45) is 10.4. The highest BCUT2D eigenvalue weighted by Crippen LogP contribution is 2.60. The van der Waals surface area contributed by atoms with Crippen LogP contribution in [0.1, 0.15) is 44.1 Å². The molecule has 108 valence electrons. The van der Waals surface area contributed by atoms with Gasteiger partial charge < -0.3 is 10.5 Å². The van der Waals surface area contributed by atoms with Crippen LogP contribution >= 0.6 is 0 Å². The molecule has 4 bridgehead atoms. The summed E-state index contributed by atoms with van der Waals surface area (Å²) in [5.74, 6) is 3.68. The molecular weight excluding hydrogens is 248 g/mol. The van der Waals surface area contributed by atoms with Crippen molar-refractivity contribution in [2.45, 2.75) is 45.1 Å². The van der Waals surface area contributed by atoms with Gasteiger partial charge in [-0.3, -0.25) is 0 Å². The predicted octanol–water partition coefficient (Wildman–Crippen LogP) is 3.14. The van der Waals surface area contributed by atoms with E-state index >= 15 is 0 Å². The number of rotatable bonds is 4. The lowest BCUT2D eigenvalue weighted by Gasteiger charge is -2.56. The molecule has 0 aromatic carbocycles. The first-order valence-corrected chi connectivity index (χ1v) is 8.03. The van der Waals surface area contributed by atoms with E-state index in [2.05, 4.69) is 4.98 Å². The molecule has 4 aliphatic rings. The van der Waals surface area contributed by atoms with Gasteiger partial charge in [-0.1, -0.05) is 6.07 Å². The molecule has 20 heavy (non-hydrogen) atoms. The van der Waals surface area contributed by atoms with Crippen LogP contribution in [0.25, 0.3) is 0 Å². The average molecular weight is 272 g/mol. The van der Waals surface area contributed by atoms with Gasteiger partial charge in [-0.25, -0.2) is 4.98 Å². The number of ether oxygens (including phenoxy) is 1. The Morgan fingerprint density at radius 1 is 1.15 bits per heavy atom. The zero-order valence-corrected chi connectivity index (χ0v) is 12.1. The van der Waals surface area contributed by atoms with Gasteiger partial charge in [0.1, 0.15) is 0 Å². The smallest absolute Gasteiger partial charge is 0.217 e. The Morgan fingerprint density at radius 3 is 2.40 bits per heavy atom. The Bertz CT molecular complexity index is 464. The number of nitrogens with zero attached hydrogens (tertiary/aromatic N) is 1. The first-order chi connectivity index (χ1) is 9.76. The fourth-order valence-electron chi connectivity index (χ4n) is 5.40. The van der Waals surface area contributed by atoms with Crippen molar-refractivity contribution in [3.05, 3.63) is 23.9 Å². The third-order valence-corrected chi connectivity index (χ3v) is 5.75. The van der Waals surface area contributed by atoms with Gasteiger partial charge in [0.25, 0.3) is 0 Å². The number of nitrogens with two attached hydrogens (primary N) is 1. The SMILES string of the molecule is NCc1cccnc1OCC12CC3CC(CC(C3)C1)C2. The monoisotopic (exact) mass is 272 g/mol. The molecule has 0 atom stereocenters. The molecule has 4 saturated carbocycles. The van der Waals surface area contributed by atoms with E-state index in [0.29, 0.717) is 12.0 Å². The lowest BCUT2D eigenvalue weighted by atomic mass is 9.50. The summed E-state index contributed by atoms with van der Waals surface area (Å²) in [6.45, 7) is 1.35. The van der Waals surface area contributed by atoms with Crippen molar-refractivity contribution in [1.29, 1.82) is 0 Å². The predicted molar refractivity (Wildman–Crippen MR) is 78.2 cm³/mol. The molecule has 3 heteroatoms. The highest BCUT2D eigenvalue weighted by Gasteiger charge is 2.51. The van der Waals surface area contributed by atoms with Gasteiger partial charge in [0.15, 0.2) is 0 Å². The Hall–Kier alpha value is -1.09. The minimum absolute atomic E-state index is 0.443. The molecule has 1 heterocycles. The van der Waals surface area contributed by atoms with Crippen molar-refractivity contribution >= 4 is 0 Å². The van der Waals surface area contributed by atoms with Crippen LogP contribution in [0.2, 0.25) is 0 Å². The van der Waals surface area contributed by atoms with Crippen molar-refractivity contribution in [1.82, 2.24) is 4.98 Å². The molecule has 0 amide bonds. The fraction of sp³-hybridized carbons (Fsp3) is 0.706. The van der Waals surface area contributed by atoms with Crippen LogP contribution in [0.3, 0.4) is 0 Å². The van der Waals surface area contributed by atoms with Crippen LogP contribution in [0.5, 0.6) is 5.88 Å². The zero-order chi connectivity index (χ0) is 13.6. The van der Waals surface area contributed by atoms with Crippen LogP contribution in [-0.4, -0.2) is 11.6 Å². The first kappa shape index (κ1) is 12.6. The molecule has 3 nitrogen and oxygen atoms in total. The molecule has 4 aliphatic carbocycles. The maximum atomic E-state index is 6.12. The molecule has 2 N–H and O–H groups in total. The third-order valence-electron chi connectivity index (χ3n) is 5.75. The van der Waals surface area contributed by atoms with Gasteiger partial charge in [-0.15, -0.1) is 0 Å². The minimum atomic E-state index is 0.443. The third kappa shape index (κ3) is 2.12. The zero-order valence-electron chi connectivity index (χ0n) is 12.1. The van der Waals surface area contributed by atoms with E-state index in [0.717, 1.165) is 35.8 Å².